The molecule has 0 N–H and O–H groups in total. The van der Waals surface area contributed by atoms with E-state index < -0.39 is 0 Å². The van der Waals surface area contributed by atoms with Crippen molar-refractivity contribution in [2.24, 2.45) is 0 Å². The van der Waals surface area contributed by atoms with E-state index in [1.54, 1.807) is 12.4 Å². The first kappa shape index (κ1) is 21.7. The Labute approximate surface area is 198 Å². The van der Waals surface area contributed by atoms with Gasteiger partial charge in [0, 0.05) is 41.8 Å². The summed E-state index contributed by atoms with van der Waals surface area (Å²) in [7, 11) is 2.04. The van der Waals surface area contributed by atoms with E-state index in [-0.39, 0.29) is 0 Å². The Morgan fingerprint density at radius 2 is 1.74 bits per heavy atom. The minimum absolute atomic E-state index is 0.524. The van der Waals surface area contributed by atoms with Crippen molar-refractivity contribution < 1.29 is 4.52 Å². The van der Waals surface area contributed by atoms with E-state index in [0.29, 0.717) is 24.8 Å². The average Bonchev–Trinajstić information content (AvgIpc) is 3.47. The summed E-state index contributed by atoms with van der Waals surface area (Å²) in [5, 5.41) is 9.06. The Kier molecular flexibility index (Phi) is 6.01. The molecule has 0 bridgehead atoms. The Morgan fingerprint density at radius 3 is 2.50 bits per heavy atom. The van der Waals surface area contributed by atoms with Crippen molar-refractivity contribution in [2.75, 3.05) is 7.05 Å². The summed E-state index contributed by atoms with van der Waals surface area (Å²) in [5.74, 6) is 1.11. The zero-order valence-corrected chi connectivity index (χ0v) is 19.5. The van der Waals surface area contributed by atoms with E-state index in [4.69, 9.17) is 9.62 Å². The lowest BCUT2D eigenvalue weighted by Gasteiger charge is -2.14. The van der Waals surface area contributed by atoms with E-state index >= 15 is 0 Å². The first-order valence-corrected chi connectivity index (χ1v) is 11.2. The van der Waals surface area contributed by atoms with Crippen molar-refractivity contribution in [3.8, 4) is 28.3 Å². The molecule has 2 aromatic carbocycles. The molecule has 7 nitrogen and oxygen atoms in total. The number of aryl methyl sites for hydroxylation is 2. The molecule has 0 aliphatic carbocycles. The number of hydrogen-bond acceptors (Lipinski definition) is 6. The summed E-state index contributed by atoms with van der Waals surface area (Å²) in [5.41, 5.74) is 7.49. The molecule has 0 amide bonds. The molecule has 170 valence electrons. The number of rotatable bonds is 7. The third-order valence-corrected chi connectivity index (χ3v) is 5.61. The van der Waals surface area contributed by atoms with Crippen LogP contribution in [0.2, 0.25) is 0 Å². The predicted molar refractivity (Wildman–Crippen MR) is 131 cm³/mol. The summed E-state index contributed by atoms with van der Waals surface area (Å²) >= 11 is 0. The van der Waals surface area contributed by atoms with Crippen LogP contribution in [0.1, 0.15) is 22.6 Å². The SMILES string of the molecule is Cc1ccc(-n2cc(CN(C)Cc3nc(-c4cccnc4)no3)c(-c3cccc(C)c3)n2)cc1. The molecular formula is C27H26N6O. The van der Waals surface area contributed by atoms with Gasteiger partial charge >= 0.3 is 0 Å². The van der Waals surface area contributed by atoms with Crippen LogP contribution in [0.5, 0.6) is 0 Å². The van der Waals surface area contributed by atoms with E-state index in [1.807, 2.05) is 23.9 Å². The van der Waals surface area contributed by atoms with Crippen molar-refractivity contribution in [1.29, 1.82) is 0 Å². The minimum atomic E-state index is 0.524. The molecule has 0 aliphatic heterocycles. The van der Waals surface area contributed by atoms with Crippen molar-refractivity contribution in [2.45, 2.75) is 26.9 Å². The van der Waals surface area contributed by atoms with Gasteiger partial charge in [-0.1, -0.05) is 46.6 Å². The summed E-state index contributed by atoms with van der Waals surface area (Å²) in [6.45, 7) is 5.39. The van der Waals surface area contributed by atoms with E-state index in [2.05, 4.69) is 88.6 Å². The third kappa shape index (κ3) is 4.79. The molecule has 0 unspecified atom stereocenters. The van der Waals surface area contributed by atoms with Crippen molar-refractivity contribution in [3.05, 3.63) is 102 Å². The maximum atomic E-state index is 5.49. The maximum Gasteiger partial charge on any atom is 0.241 e. The Bertz CT molecular complexity index is 1390. The highest BCUT2D eigenvalue weighted by Crippen LogP contribution is 2.26. The third-order valence-electron chi connectivity index (χ3n) is 5.61. The minimum Gasteiger partial charge on any atom is -0.338 e. The molecule has 7 heteroatoms. The lowest BCUT2D eigenvalue weighted by Crippen LogP contribution is -2.17. The molecule has 0 aliphatic rings. The average molecular weight is 451 g/mol. The second-order valence-corrected chi connectivity index (χ2v) is 8.58. The van der Waals surface area contributed by atoms with Crippen LogP contribution < -0.4 is 0 Å². The van der Waals surface area contributed by atoms with Crippen LogP contribution in [0, 0.1) is 13.8 Å². The lowest BCUT2D eigenvalue weighted by atomic mass is 10.1. The van der Waals surface area contributed by atoms with Crippen LogP contribution in [0.25, 0.3) is 28.3 Å². The largest absolute Gasteiger partial charge is 0.338 e. The molecule has 3 heterocycles. The van der Waals surface area contributed by atoms with E-state index in [9.17, 15) is 0 Å². The first-order chi connectivity index (χ1) is 16.5. The van der Waals surface area contributed by atoms with Gasteiger partial charge in [0.15, 0.2) is 0 Å². The topological polar surface area (TPSA) is 72.9 Å². The lowest BCUT2D eigenvalue weighted by molar-refractivity contribution is 0.261. The standard InChI is InChI=1S/C27H26N6O/c1-19-9-11-24(12-10-19)33-17-23(26(30-33)21-7-4-6-20(2)14-21)16-32(3)18-25-29-27(31-34-25)22-8-5-13-28-15-22/h4-15,17H,16,18H2,1-3H3. The fourth-order valence-corrected chi connectivity index (χ4v) is 3.90. The molecular weight excluding hydrogens is 424 g/mol. The summed E-state index contributed by atoms with van der Waals surface area (Å²) < 4.78 is 7.44. The molecule has 34 heavy (non-hydrogen) atoms. The van der Waals surface area contributed by atoms with Gasteiger partial charge in [-0.25, -0.2) is 4.68 Å². The molecule has 5 rings (SSSR count). The Balaban J connectivity index is 1.40. The van der Waals surface area contributed by atoms with Gasteiger partial charge in [-0.05, 0) is 51.2 Å². The number of hydrogen-bond donors (Lipinski definition) is 0. The molecule has 0 spiro atoms. The van der Waals surface area contributed by atoms with Crippen LogP contribution in [0.3, 0.4) is 0 Å². The Morgan fingerprint density at radius 1 is 0.912 bits per heavy atom. The Hall–Kier alpha value is -4.10. The van der Waals surface area contributed by atoms with Crippen LogP contribution >= 0.6 is 0 Å². The van der Waals surface area contributed by atoms with Gasteiger partial charge in [0.2, 0.25) is 11.7 Å². The monoisotopic (exact) mass is 450 g/mol. The highest BCUT2D eigenvalue weighted by atomic mass is 16.5. The van der Waals surface area contributed by atoms with Gasteiger partial charge in [-0.3, -0.25) is 9.88 Å². The van der Waals surface area contributed by atoms with Gasteiger partial charge in [-0.2, -0.15) is 10.1 Å². The van der Waals surface area contributed by atoms with Crippen molar-refractivity contribution >= 4 is 0 Å². The highest BCUT2D eigenvalue weighted by Gasteiger charge is 2.17. The molecule has 5 aromatic rings. The number of benzene rings is 2. The summed E-state index contributed by atoms with van der Waals surface area (Å²) in [6.07, 6.45) is 5.56. The zero-order valence-electron chi connectivity index (χ0n) is 19.5. The molecule has 0 atom stereocenters. The van der Waals surface area contributed by atoms with Gasteiger partial charge in [0.1, 0.15) is 0 Å². The number of nitrogens with zero attached hydrogens (tertiary/aromatic N) is 6. The van der Waals surface area contributed by atoms with Gasteiger partial charge in [-0.15, -0.1) is 0 Å². The van der Waals surface area contributed by atoms with Crippen molar-refractivity contribution in [1.82, 2.24) is 29.8 Å². The number of pyridine rings is 1. The molecule has 0 saturated carbocycles. The molecule has 3 aromatic heterocycles. The fourth-order valence-electron chi connectivity index (χ4n) is 3.90. The summed E-state index contributed by atoms with van der Waals surface area (Å²) in [6, 6.07) is 20.6. The van der Waals surface area contributed by atoms with Gasteiger partial charge in [0.25, 0.3) is 0 Å². The number of aromatic nitrogens is 5. The quantitative estimate of drug-likeness (QED) is 0.338. The second-order valence-electron chi connectivity index (χ2n) is 8.58. The highest BCUT2D eigenvalue weighted by molar-refractivity contribution is 5.64. The smallest absolute Gasteiger partial charge is 0.241 e. The van der Waals surface area contributed by atoms with Crippen molar-refractivity contribution in [3.63, 3.8) is 0 Å². The molecule has 0 saturated heterocycles. The van der Waals surface area contributed by atoms with Crippen LogP contribution in [0.4, 0.5) is 0 Å². The predicted octanol–water partition coefficient (Wildman–Crippen LogP) is 5.23. The summed E-state index contributed by atoms with van der Waals surface area (Å²) in [4.78, 5) is 10.8. The maximum absolute atomic E-state index is 5.49. The van der Waals surface area contributed by atoms with E-state index in [1.165, 1.54) is 11.1 Å². The zero-order chi connectivity index (χ0) is 23.5. The van der Waals surface area contributed by atoms with Gasteiger partial charge in [0.05, 0.1) is 17.9 Å². The fraction of sp³-hybridized carbons (Fsp3) is 0.185. The van der Waals surface area contributed by atoms with Crippen LogP contribution in [-0.4, -0.2) is 36.9 Å². The first-order valence-electron chi connectivity index (χ1n) is 11.2. The second kappa shape index (κ2) is 9.41. The van der Waals surface area contributed by atoms with Crippen LogP contribution in [0.15, 0.2) is 83.8 Å². The molecule has 0 radical (unpaired) electrons. The van der Waals surface area contributed by atoms with Crippen LogP contribution in [-0.2, 0) is 13.1 Å². The molecule has 0 fully saturated rings. The van der Waals surface area contributed by atoms with E-state index in [0.717, 1.165) is 28.1 Å². The normalized spacial score (nSPS) is 11.3. The van der Waals surface area contributed by atoms with Gasteiger partial charge < -0.3 is 4.52 Å².